The van der Waals surface area contributed by atoms with Crippen molar-refractivity contribution in [2.24, 2.45) is 0 Å². The van der Waals surface area contributed by atoms with Gasteiger partial charge < -0.3 is 10.6 Å². The van der Waals surface area contributed by atoms with Crippen molar-refractivity contribution < 1.29 is 22.6 Å². The molecular weight excluding hydrogens is 729 g/mol. The van der Waals surface area contributed by atoms with Gasteiger partial charge in [0.2, 0.25) is 0 Å². The number of rotatable bonds is 11. The average Bonchev–Trinajstić information content (AvgIpc) is 3.93. The van der Waals surface area contributed by atoms with Gasteiger partial charge in [-0.05, 0) is 85.7 Å². The van der Waals surface area contributed by atoms with Crippen molar-refractivity contribution in [3.8, 4) is 21.1 Å². The van der Waals surface area contributed by atoms with Crippen molar-refractivity contribution in [3.63, 3.8) is 0 Å². The van der Waals surface area contributed by atoms with E-state index in [1.165, 1.54) is 22.1 Å². The maximum absolute atomic E-state index is 13.6. The minimum absolute atomic E-state index is 0.124. The first-order valence-corrected chi connectivity index (χ1v) is 20.7. The summed E-state index contributed by atoms with van der Waals surface area (Å²) in [5.41, 5.74) is 10.7. The second-order valence-corrected chi connectivity index (χ2v) is 17.3. The third kappa shape index (κ3) is 6.99. The summed E-state index contributed by atoms with van der Waals surface area (Å²) in [5, 5.41) is 17.7. The van der Waals surface area contributed by atoms with Crippen LogP contribution in [-0.4, -0.2) is 57.4 Å². The lowest BCUT2D eigenvalue weighted by molar-refractivity contribution is 0.0944. The zero-order valence-corrected chi connectivity index (χ0v) is 31.8. The van der Waals surface area contributed by atoms with Gasteiger partial charge in [0.15, 0.2) is 11.4 Å². The highest BCUT2D eigenvalue weighted by molar-refractivity contribution is 7.88. The molecule has 0 saturated heterocycles. The van der Waals surface area contributed by atoms with Gasteiger partial charge in [0, 0.05) is 24.2 Å². The Labute approximate surface area is 315 Å². The number of carbonyl (C=O) groups excluding carboxylic acids is 2. The van der Waals surface area contributed by atoms with Crippen molar-refractivity contribution in [2.45, 2.75) is 63.3 Å². The fourth-order valence-corrected chi connectivity index (χ4v) is 10.2. The van der Waals surface area contributed by atoms with Crippen LogP contribution in [-0.2, 0) is 48.9 Å². The SMILES string of the molecule is Cc1ccc(Cn2nc(C(=O)NCCCNC(=O)c3nn(Cc4ccc(C)cc4)c4c3CCc3cc(S(=O)(=O)O)sc3-4)c3c2-c2sccc2CC3)cc1. The molecule has 0 atom stereocenters. The minimum atomic E-state index is -4.38. The Morgan fingerprint density at radius 2 is 1.25 bits per heavy atom. The van der Waals surface area contributed by atoms with E-state index >= 15 is 0 Å². The van der Waals surface area contributed by atoms with Gasteiger partial charge in [-0.2, -0.15) is 18.6 Å². The number of carbonyl (C=O) groups is 2. The Hall–Kier alpha value is -4.89. The molecule has 11 nitrogen and oxygen atoms in total. The number of aromatic nitrogens is 4. The van der Waals surface area contributed by atoms with E-state index in [2.05, 4.69) is 53.3 Å². The second kappa shape index (κ2) is 14.2. The van der Waals surface area contributed by atoms with Crippen LogP contribution in [0.25, 0.3) is 21.1 Å². The molecule has 4 heterocycles. The third-order valence-electron chi connectivity index (χ3n) is 9.87. The first-order valence-electron chi connectivity index (χ1n) is 17.6. The molecule has 2 aromatic carbocycles. The van der Waals surface area contributed by atoms with Crippen LogP contribution in [0.15, 0.2) is 70.3 Å². The summed E-state index contributed by atoms with van der Waals surface area (Å²) in [7, 11) is -4.38. The molecule has 2 aliphatic rings. The lowest BCUT2D eigenvalue weighted by Crippen LogP contribution is -2.31. The van der Waals surface area contributed by atoms with E-state index in [4.69, 9.17) is 10.2 Å². The Morgan fingerprint density at radius 3 is 1.77 bits per heavy atom. The molecule has 4 aromatic heterocycles. The Morgan fingerprint density at radius 1 is 0.736 bits per heavy atom. The van der Waals surface area contributed by atoms with Crippen LogP contribution in [0.5, 0.6) is 0 Å². The molecule has 3 N–H and O–H groups in total. The van der Waals surface area contributed by atoms with Gasteiger partial charge in [-0.25, -0.2) is 0 Å². The lowest BCUT2D eigenvalue weighted by atomic mass is 9.94. The largest absolute Gasteiger partial charge is 0.351 e. The summed E-state index contributed by atoms with van der Waals surface area (Å²) in [5.74, 6) is -0.559. The van der Waals surface area contributed by atoms with E-state index in [-0.39, 0.29) is 16.0 Å². The van der Waals surface area contributed by atoms with Crippen LogP contribution in [0, 0.1) is 13.8 Å². The van der Waals surface area contributed by atoms with E-state index in [9.17, 15) is 22.6 Å². The summed E-state index contributed by atoms with van der Waals surface area (Å²) in [6.45, 7) is 5.69. The minimum Gasteiger partial charge on any atom is -0.351 e. The van der Waals surface area contributed by atoms with E-state index in [1.54, 1.807) is 16.0 Å². The molecule has 0 saturated carbocycles. The molecular formula is C39H38N6O5S3. The number of nitrogens with zero attached hydrogens (tertiary/aromatic N) is 4. The number of hydrogen-bond donors (Lipinski definition) is 3. The Balaban J connectivity index is 0.959. The number of hydrogen-bond acceptors (Lipinski definition) is 8. The number of aryl methyl sites for hydroxylation is 4. The van der Waals surface area contributed by atoms with E-state index in [0.717, 1.165) is 63.3 Å². The van der Waals surface area contributed by atoms with Crippen molar-refractivity contribution in [1.29, 1.82) is 0 Å². The number of amides is 2. The highest BCUT2D eigenvalue weighted by Crippen LogP contribution is 2.43. The lowest BCUT2D eigenvalue weighted by Gasteiger charge is -2.15. The molecule has 2 amide bonds. The van der Waals surface area contributed by atoms with Gasteiger partial charge >= 0.3 is 10.1 Å². The van der Waals surface area contributed by atoms with E-state index in [1.807, 2.05) is 35.9 Å². The van der Waals surface area contributed by atoms with Crippen LogP contribution in [0.2, 0.25) is 0 Å². The molecule has 272 valence electrons. The van der Waals surface area contributed by atoms with Gasteiger partial charge in [0.05, 0.1) is 34.2 Å². The number of nitrogens with one attached hydrogen (secondary N) is 2. The number of thiophene rings is 2. The van der Waals surface area contributed by atoms with Crippen LogP contribution < -0.4 is 10.6 Å². The van der Waals surface area contributed by atoms with Gasteiger partial charge in [-0.1, -0.05) is 59.7 Å². The molecule has 0 radical (unpaired) electrons. The molecule has 0 spiro atoms. The first kappa shape index (κ1) is 35.2. The molecule has 0 fully saturated rings. The number of fused-ring (bicyclic) bond motifs is 6. The van der Waals surface area contributed by atoms with Crippen LogP contribution in [0.4, 0.5) is 0 Å². The van der Waals surface area contributed by atoms with Crippen molar-refractivity contribution in [3.05, 3.63) is 122 Å². The Kier molecular flexibility index (Phi) is 9.39. The molecule has 0 bridgehead atoms. The van der Waals surface area contributed by atoms with E-state index in [0.29, 0.717) is 67.4 Å². The highest BCUT2D eigenvalue weighted by Gasteiger charge is 2.32. The zero-order chi connectivity index (χ0) is 36.9. The van der Waals surface area contributed by atoms with Crippen LogP contribution >= 0.6 is 22.7 Å². The Bertz CT molecular complexity index is 2470. The molecule has 0 aliphatic heterocycles. The maximum atomic E-state index is 13.6. The van der Waals surface area contributed by atoms with Crippen LogP contribution in [0.3, 0.4) is 0 Å². The summed E-state index contributed by atoms with van der Waals surface area (Å²) in [4.78, 5) is 29.0. The summed E-state index contributed by atoms with van der Waals surface area (Å²) in [6, 6.07) is 20.1. The third-order valence-corrected chi connectivity index (χ3v) is 13.3. The van der Waals surface area contributed by atoms with Gasteiger partial charge in [-0.15, -0.1) is 22.7 Å². The molecule has 53 heavy (non-hydrogen) atoms. The number of benzene rings is 2. The zero-order valence-electron chi connectivity index (χ0n) is 29.3. The highest BCUT2D eigenvalue weighted by atomic mass is 32.3. The fourth-order valence-electron chi connectivity index (χ4n) is 7.14. The maximum Gasteiger partial charge on any atom is 0.304 e. The predicted octanol–water partition coefficient (Wildman–Crippen LogP) is 6.24. The first-order chi connectivity index (χ1) is 25.5. The molecule has 14 heteroatoms. The smallest absolute Gasteiger partial charge is 0.304 e. The predicted molar refractivity (Wildman–Crippen MR) is 206 cm³/mol. The summed E-state index contributed by atoms with van der Waals surface area (Å²) < 4.78 is 37.4. The summed E-state index contributed by atoms with van der Waals surface area (Å²) >= 11 is 2.68. The summed E-state index contributed by atoms with van der Waals surface area (Å²) in [6.07, 6.45) is 3.14. The van der Waals surface area contributed by atoms with E-state index < -0.39 is 10.1 Å². The second-order valence-electron chi connectivity index (χ2n) is 13.7. The van der Waals surface area contributed by atoms with Gasteiger partial charge in [0.1, 0.15) is 4.21 Å². The monoisotopic (exact) mass is 766 g/mol. The van der Waals surface area contributed by atoms with Crippen molar-refractivity contribution in [1.82, 2.24) is 30.2 Å². The standard InChI is InChI=1S/C39H38N6O5S3/c1-23-4-8-25(9-5-23)21-44-34-29(14-12-27-16-19-51-36(27)34)32(42-44)38(46)40-17-3-18-41-39(47)33-30-15-13-28-20-31(53(48,49)50)52-37(28)35(30)45(43-33)22-26-10-6-24(2)7-11-26/h4-11,16,19-20H,3,12-15,17-18,21-22H2,1-2H3,(H,40,46)(H,41,47)(H,48,49,50). The van der Waals surface area contributed by atoms with Gasteiger partial charge in [0.25, 0.3) is 11.8 Å². The van der Waals surface area contributed by atoms with Gasteiger partial charge in [-0.3, -0.25) is 23.5 Å². The fraction of sp³-hybridized carbons (Fsp3) is 0.282. The average molecular weight is 767 g/mol. The molecule has 6 aromatic rings. The normalized spacial score (nSPS) is 13.2. The quantitative estimate of drug-likeness (QED) is 0.104. The molecule has 0 unspecified atom stereocenters. The molecule has 8 rings (SSSR count). The van der Waals surface area contributed by atoms with Crippen LogP contribution in [0.1, 0.15) is 71.9 Å². The molecule has 2 aliphatic carbocycles. The topological polar surface area (TPSA) is 148 Å². The van der Waals surface area contributed by atoms with Crippen molar-refractivity contribution >= 4 is 44.6 Å². The van der Waals surface area contributed by atoms with Crippen molar-refractivity contribution in [2.75, 3.05) is 13.1 Å².